The van der Waals surface area contributed by atoms with Crippen molar-refractivity contribution in [1.82, 2.24) is 4.57 Å². The van der Waals surface area contributed by atoms with Gasteiger partial charge >= 0.3 is 5.97 Å². The van der Waals surface area contributed by atoms with Gasteiger partial charge < -0.3 is 19.9 Å². The molecule has 0 saturated heterocycles. The molecule has 1 aromatic heterocycles. The van der Waals surface area contributed by atoms with Gasteiger partial charge in [0.15, 0.2) is 0 Å². The highest BCUT2D eigenvalue weighted by atomic mass is 16.4. The van der Waals surface area contributed by atoms with Crippen LogP contribution in [0.2, 0.25) is 0 Å². The van der Waals surface area contributed by atoms with Crippen molar-refractivity contribution in [2.45, 2.75) is 6.54 Å². The topological polar surface area (TPSA) is 99.8 Å². The number of nitrogens with zero attached hydrogens (tertiary/aromatic N) is 1. The van der Waals surface area contributed by atoms with Gasteiger partial charge in [-0.05, 0) is 29.8 Å². The van der Waals surface area contributed by atoms with E-state index in [1.807, 2.05) is 0 Å². The number of carboxylic acids is 1. The van der Waals surface area contributed by atoms with Crippen LogP contribution in [0.4, 0.5) is 0 Å². The fraction of sp³-hybridized carbons (Fsp3) is 0.0667. The van der Waals surface area contributed by atoms with E-state index in [-0.39, 0.29) is 5.75 Å². The van der Waals surface area contributed by atoms with E-state index < -0.39 is 17.5 Å². The number of aromatic nitrogens is 1. The summed E-state index contributed by atoms with van der Waals surface area (Å²) >= 11 is 0. The Kier molecular flexibility index (Phi) is 4.08. The first-order valence-electron chi connectivity index (χ1n) is 6.08. The van der Waals surface area contributed by atoms with Crippen LogP contribution in [0.25, 0.3) is 5.76 Å². The van der Waals surface area contributed by atoms with Gasteiger partial charge in [0, 0.05) is 18.8 Å². The van der Waals surface area contributed by atoms with Crippen LogP contribution in [0.1, 0.15) is 11.3 Å². The zero-order chi connectivity index (χ0) is 15.4. The minimum absolute atomic E-state index is 0.154. The number of rotatable bonds is 5. The maximum Gasteiger partial charge on any atom is 0.376 e. The summed E-state index contributed by atoms with van der Waals surface area (Å²) in [7, 11) is 0. The van der Waals surface area contributed by atoms with Crippen LogP contribution in [0.5, 0.6) is 5.75 Å². The molecule has 0 atom stereocenters. The van der Waals surface area contributed by atoms with Crippen molar-refractivity contribution in [2.24, 2.45) is 0 Å². The van der Waals surface area contributed by atoms with Gasteiger partial charge in [-0.2, -0.15) is 0 Å². The Balaban J connectivity index is 2.24. The van der Waals surface area contributed by atoms with Crippen molar-refractivity contribution < 1.29 is 24.9 Å². The van der Waals surface area contributed by atoms with Gasteiger partial charge in [-0.3, -0.25) is 4.79 Å². The van der Waals surface area contributed by atoms with E-state index in [2.05, 4.69) is 0 Å². The number of carbonyl (C=O) groups excluding carboxylic acids is 1. The summed E-state index contributed by atoms with van der Waals surface area (Å²) in [6.45, 7) is 0.405. The van der Waals surface area contributed by atoms with Crippen molar-refractivity contribution in [3.8, 4) is 5.75 Å². The Hall–Kier alpha value is -3.02. The second-order valence-electron chi connectivity index (χ2n) is 4.39. The van der Waals surface area contributed by atoms with Gasteiger partial charge in [0.2, 0.25) is 0 Å². The Morgan fingerprint density at radius 1 is 1.10 bits per heavy atom. The van der Waals surface area contributed by atoms with E-state index in [0.29, 0.717) is 18.3 Å². The Labute approximate surface area is 120 Å². The minimum Gasteiger partial charge on any atom is -0.508 e. The number of phenols is 1. The number of benzene rings is 1. The molecule has 0 radical (unpaired) electrons. The van der Waals surface area contributed by atoms with Crippen LogP contribution >= 0.6 is 0 Å². The second kappa shape index (κ2) is 5.96. The number of hydrogen-bond donors (Lipinski definition) is 3. The van der Waals surface area contributed by atoms with Crippen LogP contribution in [0.15, 0.2) is 48.7 Å². The molecule has 2 aromatic rings. The summed E-state index contributed by atoms with van der Waals surface area (Å²) in [6, 6.07) is 9.78. The van der Waals surface area contributed by atoms with Crippen LogP contribution in [-0.4, -0.2) is 31.6 Å². The van der Waals surface area contributed by atoms with Crippen molar-refractivity contribution in [2.75, 3.05) is 0 Å². The highest BCUT2D eigenvalue weighted by Crippen LogP contribution is 2.16. The third-order valence-electron chi connectivity index (χ3n) is 2.86. The zero-order valence-corrected chi connectivity index (χ0v) is 10.9. The number of aliphatic carboxylic acids is 1. The standard InChI is InChI=1S/C15H13NO5/c17-11-5-3-10(4-6-11)9-16-7-1-2-12(16)13(18)8-14(19)15(20)21/h1-8,17-18H,9H2,(H,20,21). The molecule has 1 aromatic carbocycles. The quantitative estimate of drug-likeness (QED) is 0.442. The van der Waals surface area contributed by atoms with E-state index in [1.54, 1.807) is 47.2 Å². The van der Waals surface area contributed by atoms with E-state index in [0.717, 1.165) is 5.56 Å². The summed E-state index contributed by atoms with van der Waals surface area (Å²) in [6.07, 6.45) is 2.36. The van der Waals surface area contributed by atoms with Crippen molar-refractivity contribution >= 4 is 17.5 Å². The summed E-state index contributed by atoms with van der Waals surface area (Å²) in [5.41, 5.74) is 1.21. The number of aliphatic hydroxyl groups is 1. The van der Waals surface area contributed by atoms with Gasteiger partial charge in [-0.15, -0.1) is 0 Å². The van der Waals surface area contributed by atoms with Crippen molar-refractivity contribution in [1.29, 1.82) is 0 Å². The molecule has 0 unspecified atom stereocenters. The molecule has 6 heteroatoms. The molecule has 2 rings (SSSR count). The zero-order valence-electron chi connectivity index (χ0n) is 10.9. The third-order valence-corrected chi connectivity index (χ3v) is 2.86. The molecule has 0 aliphatic carbocycles. The lowest BCUT2D eigenvalue weighted by molar-refractivity contribution is -0.146. The number of hydrogen-bond acceptors (Lipinski definition) is 4. The Bertz CT molecular complexity index is 697. The lowest BCUT2D eigenvalue weighted by atomic mass is 10.2. The normalized spacial score (nSPS) is 11.3. The summed E-state index contributed by atoms with van der Waals surface area (Å²) in [5.74, 6) is -3.07. The van der Waals surface area contributed by atoms with Gasteiger partial charge in [0.1, 0.15) is 11.5 Å². The lowest BCUT2D eigenvalue weighted by Crippen LogP contribution is -2.10. The molecule has 3 N–H and O–H groups in total. The van der Waals surface area contributed by atoms with Crippen molar-refractivity contribution in [3.63, 3.8) is 0 Å². The number of aromatic hydroxyl groups is 1. The summed E-state index contributed by atoms with van der Waals surface area (Å²) in [5, 5.41) is 27.6. The Morgan fingerprint density at radius 2 is 1.76 bits per heavy atom. The van der Waals surface area contributed by atoms with E-state index in [1.165, 1.54) is 0 Å². The molecule has 0 aliphatic heterocycles. The molecule has 6 nitrogen and oxygen atoms in total. The average Bonchev–Trinajstić information content (AvgIpc) is 2.89. The number of ketones is 1. The SMILES string of the molecule is O=C(O)C(=O)C=C(O)c1cccn1Cc1ccc(O)cc1. The molecule has 1 heterocycles. The molecular formula is C15H13NO5. The molecular weight excluding hydrogens is 274 g/mol. The highest BCUT2D eigenvalue weighted by molar-refractivity contribution is 6.38. The van der Waals surface area contributed by atoms with Crippen LogP contribution in [-0.2, 0) is 16.1 Å². The maximum atomic E-state index is 11.1. The lowest BCUT2D eigenvalue weighted by Gasteiger charge is -2.09. The van der Waals surface area contributed by atoms with E-state index in [4.69, 9.17) is 5.11 Å². The predicted octanol–water partition coefficient (Wildman–Crippen LogP) is 1.79. The van der Waals surface area contributed by atoms with E-state index >= 15 is 0 Å². The molecule has 21 heavy (non-hydrogen) atoms. The molecule has 0 saturated carbocycles. The number of aliphatic hydroxyl groups excluding tert-OH is 1. The molecule has 0 amide bonds. The van der Waals surface area contributed by atoms with Gasteiger partial charge in [0.05, 0.1) is 5.69 Å². The largest absolute Gasteiger partial charge is 0.508 e. The van der Waals surface area contributed by atoms with Gasteiger partial charge in [0.25, 0.3) is 5.78 Å². The number of carboxylic acid groups (broad SMARTS) is 1. The highest BCUT2D eigenvalue weighted by Gasteiger charge is 2.13. The average molecular weight is 287 g/mol. The third kappa shape index (κ3) is 3.50. The fourth-order valence-corrected chi connectivity index (χ4v) is 1.84. The smallest absolute Gasteiger partial charge is 0.376 e. The Morgan fingerprint density at radius 3 is 2.38 bits per heavy atom. The molecule has 0 bridgehead atoms. The van der Waals surface area contributed by atoms with Gasteiger partial charge in [-0.25, -0.2) is 4.79 Å². The van der Waals surface area contributed by atoms with Crippen LogP contribution < -0.4 is 0 Å². The number of phenolic OH excluding ortho intramolecular Hbond substituents is 1. The first-order chi connectivity index (χ1) is 9.97. The van der Waals surface area contributed by atoms with Crippen LogP contribution in [0.3, 0.4) is 0 Å². The number of carbonyl (C=O) groups is 2. The maximum absolute atomic E-state index is 11.1. The second-order valence-corrected chi connectivity index (χ2v) is 4.39. The first kappa shape index (κ1) is 14.4. The molecule has 0 aliphatic rings. The molecule has 108 valence electrons. The molecule has 0 fully saturated rings. The fourth-order valence-electron chi connectivity index (χ4n) is 1.84. The van der Waals surface area contributed by atoms with Crippen molar-refractivity contribution in [3.05, 3.63) is 59.9 Å². The summed E-state index contributed by atoms with van der Waals surface area (Å²) < 4.78 is 1.66. The van der Waals surface area contributed by atoms with Gasteiger partial charge in [-0.1, -0.05) is 12.1 Å². The molecule has 0 spiro atoms. The first-order valence-corrected chi connectivity index (χ1v) is 6.08. The van der Waals surface area contributed by atoms with E-state index in [9.17, 15) is 19.8 Å². The van der Waals surface area contributed by atoms with Crippen LogP contribution in [0, 0.1) is 0 Å². The minimum atomic E-state index is -1.63. The monoisotopic (exact) mass is 287 g/mol. The summed E-state index contributed by atoms with van der Waals surface area (Å²) in [4.78, 5) is 21.6. The predicted molar refractivity (Wildman–Crippen MR) is 74.9 cm³/mol.